The number of methoxy groups -OCH3 is 1. The van der Waals surface area contributed by atoms with Crippen LogP contribution in [0, 0.1) is 5.82 Å². The summed E-state index contributed by atoms with van der Waals surface area (Å²) in [5, 5.41) is 3.20. The van der Waals surface area contributed by atoms with Gasteiger partial charge in [-0.2, -0.15) is 0 Å². The lowest BCUT2D eigenvalue weighted by atomic mass is 10.1. The topological polar surface area (TPSA) is 47.6 Å². The molecule has 0 fully saturated rings. The Morgan fingerprint density at radius 3 is 2.26 bits per heavy atom. The summed E-state index contributed by atoms with van der Waals surface area (Å²) >= 11 is 0. The van der Waals surface area contributed by atoms with Crippen molar-refractivity contribution in [1.29, 1.82) is 0 Å². The van der Waals surface area contributed by atoms with E-state index in [2.05, 4.69) is 5.32 Å². The van der Waals surface area contributed by atoms with E-state index in [1.807, 2.05) is 69.3 Å². The molecule has 160 valence electrons. The molecule has 0 atom stereocenters. The number of rotatable bonds is 6. The molecule has 3 rings (SSSR count). The Bertz CT molecular complexity index is 1080. The maximum Gasteiger partial charge on any atom is 0.340 e. The highest BCUT2D eigenvalue weighted by Gasteiger charge is 2.20. The van der Waals surface area contributed by atoms with Gasteiger partial charge in [0, 0.05) is 5.69 Å². The van der Waals surface area contributed by atoms with Crippen LogP contribution in [0.1, 0.15) is 42.3 Å². The monoisotopic (exact) mass is 419 g/mol. The van der Waals surface area contributed by atoms with Crippen LogP contribution in [0.4, 0.5) is 15.8 Å². The molecular weight excluding hydrogens is 393 g/mol. The minimum atomic E-state index is -0.616. The molecule has 0 spiro atoms. The van der Waals surface area contributed by atoms with E-state index in [0.29, 0.717) is 16.9 Å². The van der Waals surface area contributed by atoms with Crippen LogP contribution in [-0.4, -0.2) is 18.7 Å². The van der Waals surface area contributed by atoms with Gasteiger partial charge in [0.1, 0.15) is 17.2 Å². The van der Waals surface area contributed by atoms with Gasteiger partial charge in [-0.25, -0.2) is 9.18 Å². The van der Waals surface area contributed by atoms with E-state index in [-0.39, 0.29) is 5.82 Å². The summed E-state index contributed by atoms with van der Waals surface area (Å²) in [6.45, 7) is 5.47. The molecule has 3 aromatic rings. The number of carbonyl (C=O) groups excluding carboxylic acids is 1. The predicted molar refractivity (Wildman–Crippen MR) is 123 cm³/mol. The van der Waals surface area contributed by atoms with Crippen molar-refractivity contribution in [1.82, 2.24) is 0 Å². The standard InChI is InChI=1S/C26H26FNO3/c1-26(2,3)31-25(29)23-15-10-19(9-8-18-6-5-7-22(16-18)30-4)17-24(23)28-21-13-11-20(27)12-14-21/h5-17,28H,1-4H3/b9-8+. The van der Waals surface area contributed by atoms with Crippen LogP contribution in [0.3, 0.4) is 0 Å². The number of esters is 1. The molecule has 0 bridgehead atoms. The van der Waals surface area contributed by atoms with Crippen LogP contribution in [0.15, 0.2) is 66.7 Å². The predicted octanol–water partition coefficient (Wildman–Crippen LogP) is 6.70. The molecule has 0 aliphatic heterocycles. The van der Waals surface area contributed by atoms with Crippen molar-refractivity contribution in [3.8, 4) is 5.75 Å². The summed E-state index contributed by atoms with van der Waals surface area (Å²) in [6, 6.07) is 19.1. The largest absolute Gasteiger partial charge is 0.497 e. The maximum atomic E-state index is 13.3. The van der Waals surface area contributed by atoms with Gasteiger partial charge in [0.25, 0.3) is 0 Å². The van der Waals surface area contributed by atoms with Crippen molar-refractivity contribution < 1.29 is 18.7 Å². The molecule has 0 unspecified atom stereocenters. The average Bonchev–Trinajstić information content (AvgIpc) is 2.73. The normalized spacial score (nSPS) is 11.4. The summed E-state index contributed by atoms with van der Waals surface area (Å²) in [5.74, 6) is 0.0226. The lowest BCUT2D eigenvalue weighted by Crippen LogP contribution is -2.24. The molecule has 4 nitrogen and oxygen atoms in total. The number of benzene rings is 3. The van der Waals surface area contributed by atoms with Crippen LogP contribution in [-0.2, 0) is 4.74 Å². The number of nitrogens with one attached hydrogen (secondary N) is 1. The van der Waals surface area contributed by atoms with Gasteiger partial charge < -0.3 is 14.8 Å². The zero-order chi connectivity index (χ0) is 22.4. The van der Waals surface area contributed by atoms with Gasteiger partial charge in [-0.1, -0.05) is 30.4 Å². The summed E-state index contributed by atoms with van der Waals surface area (Å²) in [6.07, 6.45) is 3.91. The molecule has 31 heavy (non-hydrogen) atoms. The van der Waals surface area contributed by atoms with Gasteiger partial charge >= 0.3 is 5.97 Å². The molecule has 0 saturated carbocycles. The first-order chi connectivity index (χ1) is 14.7. The number of hydrogen-bond acceptors (Lipinski definition) is 4. The molecule has 0 saturated heterocycles. The number of carbonyl (C=O) groups is 1. The average molecular weight is 419 g/mol. The molecular formula is C26H26FNO3. The first-order valence-corrected chi connectivity index (χ1v) is 9.96. The van der Waals surface area contributed by atoms with E-state index in [4.69, 9.17) is 9.47 Å². The number of hydrogen-bond donors (Lipinski definition) is 1. The number of anilines is 2. The quantitative estimate of drug-likeness (QED) is 0.357. The minimum absolute atomic E-state index is 0.326. The van der Waals surface area contributed by atoms with Crippen molar-refractivity contribution in [3.05, 3.63) is 89.2 Å². The summed E-state index contributed by atoms with van der Waals surface area (Å²) < 4.78 is 24.1. The van der Waals surface area contributed by atoms with Crippen molar-refractivity contribution in [2.45, 2.75) is 26.4 Å². The molecule has 3 aromatic carbocycles. The van der Waals surface area contributed by atoms with E-state index in [1.54, 1.807) is 25.3 Å². The smallest absolute Gasteiger partial charge is 0.340 e. The van der Waals surface area contributed by atoms with E-state index in [9.17, 15) is 9.18 Å². The van der Waals surface area contributed by atoms with Crippen LogP contribution < -0.4 is 10.1 Å². The van der Waals surface area contributed by atoms with Gasteiger partial charge in [0.05, 0.1) is 18.4 Å². The highest BCUT2D eigenvalue weighted by atomic mass is 19.1. The molecule has 1 N–H and O–H groups in total. The molecule has 0 aromatic heterocycles. The third kappa shape index (κ3) is 6.44. The fraction of sp³-hybridized carbons (Fsp3) is 0.192. The SMILES string of the molecule is COc1cccc(/C=C/c2ccc(C(=O)OC(C)(C)C)c(Nc3ccc(F)cc3)c2)c1. The zero-order valence-electron chi connectivity index (χ0n) is 18.1. The van der Waals surface area contributed by atoms with E-state index < -0.39 is 11.6 Å². The second-order valence-electron chi connectivity index (χ2n) is 8.05. The second kappa shape index (κ2) is 9.47. The fourth-order valence-electron chi connectivity index (χ4n) is 2.91. The number of halogens is 1. The summed E-state index contributed by atoms with van der Waals surface area (Å²) in [7, 11) is 1.63. The third-order valence-electron chi connectivity index (χ3n) is 4.35. The molecule has 0 radical (unpaired) electrons. The minimum Gasteiger partial charge on any atom is -0.497 e. The van der Waals surface area contributed by atoms with Crippen molar-refractivity contribution in [2.75, 3.05) is 12.4 Å². The van der Waals surface area contributed by atoms with Gasteiger partial charge in [-0.15, -0.1) is 0 Å². The zero-order valence-corrected chi connectivity index (χ0v) is 18.1. The first kappa shape index (κ1) is 22.1. The molecule has 0 aliphatic rings. The Balaban J connectivity index is 1.93. The first-order valence-electron chi connectivity index (χ1n) is 9.96. The molecule has 0 amide bonds. The highest BCUT2D eigenvalue weighted by Crippen LogP contribution is 2.26. The Kier molecular flexibility index (Phi) is 6.75. The Morgan fingerprint density at radius 1 is 0.935 bits per heavy atom. The van der Waals surface area contributed by atoms with Gasteiger partial charge in [-0.05, 0) is 80.4 Å². The summed E-state index contributed by atoms with van der Waals surface area (Å²) in [4.78, 5) is 12.7. The maximum absolute atomic E-state index is 13.3. The Morgan fingerprint density at radius 2 is 1.61 bits per heavy atom. The second-order valence-corrected chi connectivity index (χ2v) is 8.05. The van der Waals surface area contributed by atoms with Crippen molar-refractivity contribution in [3.63, 3.8) is 0 Å². The van der Waals surface area contributed by atoms with Gasteiger partial charge in [0.2, 0.25) is 0 Å². The highest BCUT2D eigenvalue weighted by molar-refractivity contribution is 5.97. The lowest BCUT2D eigenvalue weighted by molar-refractivity contribution is 0.00707. The van der Waals surface area contributed by atoms with E-state index in [1.165, 1.54) is 12.1 Å². The van der Waals surface area contributed by atoms with Crippen molar-refractivity contribution in [2.24, 2.45) is 0 Å². The Hall–Kier alpha value is -3.60. The van der Waals surface area contributed by atoms with Crippen LogP contribution in [0.2, 0.25) is 0 Å². The van der Waals surface area contributed by atoms with E-state index in [0.717, 1.165) is 16.9 Å². The van der Waals surface area contributed by atoms with Crippen LogP contribution in [0.5, 0.6) is 5.75 Å². The molecule has 0 heterocycles. The fourth-order valence-corrected chi connectivity index (χ4v) is 2.91. The van der Waals surface area contributed by atoms with Gasteiger partial charge in [-0.3, -0.25) is 0 Å². The van der Waals surface area contributed by atoms with Crippen LogP contribution >= 0.6 is 0 Å². The van der Waals surface area contributed by atoms with Gasteiger partial charge in [0.15, 0.2) is 0 Å². The summed E-state index contributed by atoms with van der Waals surface area (Å²) in [5.41, 5.74) is 2.91. The van der Waals surface area contributed by atoms with Crippen LogP contribution in [0.25, 0.3) is 12.2 Å². The van der Waals surface area contributed by atoms with E-state index >= 15 is 0 Å². The Labute approximate surface area is 182 Å². The third-order valence-corrected chi connectivity index (χ3v) is 4.35. The molecule has 5 heteroatoms. The lowest BCUT2D eigenvalue weighted by Gasteiger charge is -2.21. The molecule has 0 aliphatic carbocycles. The number of ether oxygens (including phenoxy) is 2. The van der Waals surface area contributed by atoms with Crippen molar-refractivity contribution >= 4 is 29.5 Å².